The molecule has 2 unspecified atom stereocenters. The molecule has 2 aliphatic heterocycles. The second-order valence-corrected chi connectivity index (χ2v) is 8.80. The number of benzene rings is 1. The highest BCUT2D eigenvalue weighted by Gasteiger charge is 2.72. The first-order valence-electron chi connectivity index (χ1n) is 8.64. The zero-order valence-electron chi connectivity index (χ0n) is 14.1. The fraction of sp³-hybridized carbons (Fsp3) is 0.526. The normalized spacial score (nSPS) is 40.9. The molecule has 4 nitrogen and oxygen atoms in total. The number of fused-ring (bicyclic) bond motifs is 8. The first-order chi connectivity index (χ1) is 11.3. The Morgan fingerprint density at radius 1 is 1.25 bits per heavy atom. The molecule has 1 spiro atoms. The molecule has 124 valence electrons. The first kappa shape index (κ1) is 14.6. The first-order valence-corrected chi connectivity index (χ1v) is 9.05. The van der Waals surface area contributed by atoms with Crippen LogP contribution in [0, 0.1) is 22.7 Å². The molecule has 1 aromatic rings. The Hall–Kier alpha value is -1.75. The third kappa shape index (κ3) is 1.33. The second kappa shape index (κ2) is 4.07. The van der Waals surface area contributed by atoms with Gasteiger partial charge < -0.3 is 10.6 Å². The second-order valence-electron chi connectivity index (χ2n) is 8.41. The fourth-order valence-electron chi connectivity index (χ4n) is 5.91. The highest BCUT2D eigenvalue weighted by atomic mass is 32.1. The maximum absolute atomic E-state index is 13.2. The summed E-state index contributed by atoms with van der Waals surface area (Å²) in [6, 6.07) is 7.97. The number of thiocarbonyl (C=S) groups is 1. The van der Waals surface area contributed by atoms with Crippen LogP contribution in [0.3, 0.4) is 0 Å². The lowest BCUT2D eigenvalue weighted by atomic mass is 9.67. The molecule has 1 amide bonds. The maximum atomic E-state index is 13.2. The summed E-state index contributed by atoms with van der Waals surface area (Å²) in [5.41, 5.74) is 2.37. The van der Waals surface area contributed by atoms with Crippen LogP contribution >= 0.6 is 12.2 Å². The summed E-state index contributed by atoms with van der Waals surface area (Å²) in [5.74, 6) is 0.505. The van der Waals surface area contributed by atoms with E-state index in [1.807, 2.05) is 24.3 Å². The van der Waals surface area contributed by atoms with Crippen LogP contribution in [0.25, 0.3) is 0 Å². The van der Waals surface area contributed by atoms with Gasteiger partial charge in [0.25, 0.3) is 5.91 Å². The number of aliphatic imine (C=N–C) groups is 1. The van der Waals surface area contributed by atoms with Crippen LogP contribution in [0.15, 0.2) is 29.3 Å². The molecule has 2 fully saturated rings. The van der Waals surface area contributed by atoms with Gasteiger partial charge in [-0.3, -0.25) is 4.79 Å². The zero-order valence-corrected chi connectivity index (χ0v) is 15.0. The molecule has 0 saturated heterocycles. The Bertz CT molecular complexity index is 845. The van der Waals surface area contributed by atoms with Crippen molar-refractivity contribution < 1.29 is 4.79 Å². The number of amides is 1. The number of anilines is 1. The summed E-state index contributed by atoms with van der Waals surface area (Å²) in [6.45, 7) is 6.98. The average Bonchev–Trinajstić information content (AvgIpc) is 3.00. The van der Waals surface area contributed by atoms with Gasteiger partial charge in [-0.2, -0.15) is 0 Å². The highest BCUT2D eigenvalue weighted by molar-refractivity contribution is 7.80. The van der Waals surface area contributed by atoms with Crippen LogP contribution < -0.4 is 10.6 Å². The monoisotopic (exact) mass is 339 g/mol. The van der Waals surface area contributed by atoms with Gasteiger partial charge in [0.15, 0.2) is 10.7 Å². The van der Waals surface area contributed by atoms with Crippen LogP contribution in [-0.2, 0) is 10.3 Å². The Labute approximate surface area is 147 Å². The summed E-state index contributed by atoms with van der Waals surface area (Å²) >= 11 is 5.48. The van der Waals surface area contributed by atoms with E-state index in [1.165, 1.54) is 0 Å². The molecule has 5 rings (SSSR count). The number of carbonyl (C=O) groups is 1. The molecule has 0 aromatic heterocycles. The molecular weight excluding hydrogens is 318 g/mol. The lowest BCUT2D eigenvalue weighted by Crippen LogP contribution is -2.62. The molecular formula is C19H21N3OS. The van der Waals surface area contributed by atoms with Crippen LogP contribution in [0.4, 0.5) is 5.69 Å². The Kier molecular flexibility index (Phi) is 2.47. The fourth-order valence-corrected chi connectivity index (χ4v) is 6.17. The van der Waals surface area contributed by atoms with Crippen molar-refractivity contribution in [3.8, 4) is 0 Å². The Balaban J connectivity index is 1.81. The van der Waals surface area contributed by atoms with E-state index in [0.29, 0.717) is 11.0 Å². The molecule has 2 N–H and O–H groups in total. The van der Waals surface area contributed by atoms with E-state index < -0.39 is 5.54 Å². The number of hydrogen-bond acceptors (Lipinski definition) is 2. The van der Waals surface area contributed by atoms with Gasteiger partial charge in [0.2, 0.25) is 0 Å². The predicted molar refractivity (Wildman–Crippen MR) is 98.0 cm³/mol. The van der Waals surface area contributed by atoms with Crippen molar-refractivity contribution in [3.63, 3.8) is 0 Å². The summed E-state index contributed by atoms with van der Waals surface area (Å²) < 4.78 is 0. The van der Waals surface area contributed by atoms with E-state index in [1.54, 1.807) is 0 Å². The van der Waals surface area contributed by atoms with Crippen molar-refractivity contribution in [2.45, 2.75) is 39.2 Å². The Morgan fingerprint density at radius 2 is 2.00 bits per heavy atom. The SMILES string of the molecule is CC1(C)[C@@H]2CC[C@@]1(C)C1=NC(=S)NC3(C(=O)Nc4ccccc43)C12. The molecule has 1 aromatic carbocycles. The van der Waals surface area contributed by atoms with E-state index in [2.05, 4.69) is 31.4 Å². The van der Waals surface area contributed by atoms with Crippen LogP contribution in [0.1, 0.15) is 39.2 Å². The van der Waals surface area contributed by atoms with Crippen molar-refractivity contribution in [1.82, 2.24) is 5.32 Å². The van der Waals surface area contributed by atoms with Crippen molar-refractivity contribution in [3.05, 3.63) is 29.8 Å². The molecule has 2 aliphatic carbocycles. The standard InChI is InChI=1S/C19H21N3OS/c1-17(2)11-8-9-18(17,3)14-13(11)19(22-16(24)21-14)10-6-4-5-7-12(10)20-15(19)23/h4-7,11,13H,8-9H2,1-3H3,(H,20,23)(H,22,24)/t11-,13?,18+,19?/m1/s1. The number of nitrogens with one attached hydrogen (secondary N) is 2. The van der Waals surface area contributed by atoms with Crippen molar-refractivity contribution in [2.75, 3.05) is 5.32 Å². The third-order valence-electron chi connectivity index (χ3n) is 7.52. The van der Waals surface area contributed by atoms with Crippen molar-refractivity contribution in [2.24, 2.45) is 27.7 Å². The maximum Gasteiger partial charge on any atom is 0.255 e. The van der Waals surface area contributed by atoms with E-state index in [4.69, 9.17) is 17.2 Å². The van der Waals surface area contributed by atoms with E-state index >= 15 is 0 Å². The van der Waals surface area contributed by atoms with Gasteiger partial charge in [0.05, 0.1) is 0 Å². The average molecular weight is 339 g/mol. The lowest BCUT2D eigenvalue weighted by molar-refractivity contribution is -0.123. The molecule has 2 bridgehead atoms. The van der Waals surface area contributed by atoms with E-state index in [-0.39, 0.29) is 22.7 Å². The smallest absolute Gasteiger partial charge is 0.255 e. The topological polar surface area (TPSA) is 53.5 Å². The largest absolute Gasteiger partial charge is 0.342 e. The molecule has 5 heteroatoms. The predicted octanol–water partition coefficient (Wildman–Crippen LogP) is 3.24. The minimum Gasteiger partial charge on any atom is -0.342 e. The summed E-state index contributed by atoms with van der Waals surface area (Å²) in [4.78, 5) is 18.0. The lowest BCUT2D eigenvalue weighted by Gasteiger charge is -2.44. The van der Waals surface area contributed by atoms with Gasteiger partial charge in [-0.15, -0.1) is 0 Å². The van der Waals surface area contributed by atoms with Gasteiger partial charge >= 0.3 is 0 Å². The van der Waals surface area contributed by atoms with Gasteiger partial charge in [-0.25, -0.2) is 4.99 Å². The molecule has 24 heavy (non-hydrogen) atoms. The summed E-state index contributed by atoms with van der Waals surface area (Å²) in [6.07, 6.45) is 2.26. The summed E-state index contributed by atoms with van der Waals surface area (Å²) in [7, 11) is 0. The number of carbonyl (C=O) groups excluding carboxylic acids is 1. The van der Waals surface area contributed by atoms with Crippen LogP contribution in [-0.4, -0.2) is 16.7 Å². The van der Waals surface area contributed by atoms with Gasteiger partial charge in [-0.05, 0) is 42.5 Å². The van der Waals surface area contributed by atoms with Gasteiger partial charge in [0, 0.05) is 28.3 Å². The summed E-state index contributed by atoms with van der Waals surface area (Å²) in [5, 5.41) is 6.86. The number of nitrogens with zero attached hydrogens (tertiary/aromatic N) is 1. The minimum atomic E-state index is -0.801. The quantitative estimate of drug-likeness (QED) is 0.714. The minimum absolute atomic E-state index is 0.00963. The number of para-hydroxylation sites is 1. The Morgan fingerprint density at radius 3 is 2.79 bits per heavy atom. The molecule has 4 atom stereocenters. The van der Waals surface area contributed by atoms with E-state index in [9.17, 15) is 4.79 Å². The number of hydrogen-bond donors (Lipinski definition) is 2. The van der Waals surface area contributed by atoms with E-state index in [0.717, 1.165) is 29.8 Å². The third-order valence-corrected chi connectivity index (χ3v) is 7.71. The molecule has 4 aliphatic rings. The van der Waals surface area contributed by atoms with Gasteiger partial charge in [0.1, 0.15) is 0 Å². The highest BCUT2D eigenvalue weighted by Crippen LogP contribution is 2.70. The van der Waals surface area contributed by atoms with Crippen LogP contribution in [0.2, 0.25) is 0 Å². The molecule has 0 radical (unpaired) electrons. The zero-order chi connectivity index (χ0) is 16.9. The van der Waals surface area contributed by atoms with Crippen molar-refractivity contribution in [1.29, 1.82) is 0 Å². The van der Waals surface area contributed by atoms with Crippen LogP contribution in [0.5, 0.6) is 0 Å². The molecule has 2 saturated carbocycles. The van der Waals surface area contributed by atoms with Crippen molar-refractivity contribution >= 4 is 34.6 Å². The number of rotatable bonds is 0. The van der Waals surface area contributed by atoms with Gasteiger partial charge in [-0.1, -0.05) is 39.0 Å². The molecule has 2 heterocycles.